The van der Waals surface area contributed by atoms with Crippen LogP contribution >= 0.6 is 11.8 Å². The van der Waals surface area contributed by atoms with E-state index in [0.717, 1.165) is 23.2 Å². The first-order valence-electron chi connectivity index (χ1n) is 9.46. The second-order valence-corrected chi connectivity index (χ2v) is 8.24. The highest BCUT2D eigenvalue weighted by Gasteiger charge is 2.28. The van der Waals surface area contributed by atoms with Crippen LogP contribution in [-0.2, 0) is 11.3 Å². The lowest BCUT2D eigenvalue weighted by Gasteiger charge is -2.12. The van der Waals surface area contributed by atoms with Gasteiger partial charge in [-0.15, -0.1) is 10.2 Å². The van der Waals surface area contributed by atoms with Gasteiger partial charge >= 0.3 is 0 Å². The molecule has 4 rings (SSSR count). The molecule has 1 saturated carbocycles. The Morgan fingerprint density at radius 1 is 1.23 bits per heavy atom. The molecule has 0 unspecified atom stereocenters. The first-order valence-corrected chi connectivity index (χ1v) is 10.4. The Bertz CT molecular complexity index is 763. The van der Waals surface area contributed by atoms with E-state index in [1.54, 1.807) is 4.90 Å². The lowest BCUT2D eigenvalue weighted by atomic mass is 10.2. The number of hydrogen-bond donors (Lipinski definition) is 2. The zero-order chi connectivity index (χ0) is 17.9. The number of nitrogens with one attached hydrogen (secondary N) is 2. The highest BCUT2D eigenvalue weighted by Crippen LogP contribution is 2.38. The summed E-state index contributed by atoms with van der Waals surface area (Å²) in [4.78, 5) is 13.9. The minimum Gasteiger partial charge on any atom is -0.331 e. The fourth-order valence-electron chi connectivity index (χ4n) is 3.58. The zero-order valence-electron chi connectivity index (χ0n) is 15.2. The van der Waals surface area contributed by atoms with Crippen LogP contribution in [0.2, 0.25) is 0 Å². The molecule has 1 aliphatic carbocycles. The van der Waals surface area contributed by atoms with Gasteiger partial charge in [0.25, 0.3) is 0 Å². The van der Waals surface area contributed by atoms with Gasteiger partial charge in [-0.2, -0.15) is 0 Å². The maximum absolute atomic E-state index is 12.3. The summed E-state index contributed by atoms with van der Waals surface area (Å²) in [5.74, 6) is 1.28. The van der Waals surface area contributed by atoms with Crippen molar-refractivity contribution in [2.24, 2.45) is 0 Å². The molecule has 26 heavy (non-hydrogen) atoms. The standard InChI is InChI=1S/C19H25N5OS/c1-14-21-22-19(24(14)17-8-9-17)26-13-18(25)20-16-6-4-15(5-7-16)12-23-10-2-3-11-23/h4-7,17H,2-3,8-13H2,1H3,(H,20,25)/p+1. The van der Waals surface area contributed by atoms with Crippen molar-refractivity contribution < 1.29 is 9.69 Å². The second kappa shape index (κ2) is 7.80. The van der Waals surface area contributed by atoms with Crippen molar-refractivity contribution in [3.05, 3.63) is 35.7 Å². The first-order chi connectivity index (χ1) is 12.7. The van der Waals surface area contributed by atoms with Crippen LogP contribution in [0.25, 0.3) is 0 Å². The van der Waals surface area contributed by atoms with Crippen molar-refractivity contribution in [3.8, 4) is 0 Å². The molecule has 1 amide bonds. The molecule has 138 valence electrons. The molecule has 0 bridgehead atoms. The van der Waals surface area contributed by atoms with Crippen molar-refractivity contribution >= 4 is 23.4 Å². The minimum atomic E-state index is -0.00378. The van der Waals surface area contributed by atoms with E-state index >= 15 is 0 Å². The smallest absolute Gasteiger partial charge is 0.234 e. The summed E-state index contributed by atoms with van der Waals surface area (Å²) in [6, 6.07) is 8.79. The van der Waals surface area contributed by atoms with E-state index < -0.39 is 0 Å². The summed E-state index contributed by atoms with van der Waals surface area (Å²) in [5.41, 5.74) is 2.19. The Morgan fingerprint density at radius 2 is 1.96 bits per heavy atom. The summed E-state index contributed by atoms with van der Waals surface area (Å²) >= 11 is 1.46. The second-order valence-electron chi connectivity index (χ2n) is 7.30. The molecule has 2 N–H and O–H groups in total. The summed E-state index contributed by atoms with van der Waals surface area (Å²) < 4.78 is 2.16. The third kappa shape index (κ3) is 4.27. The van der Waals surface area contributed by atoms with Crippen molar-refractivity contribution in [2.45, 2.75) is 50.4 Å². The van der Waals surface area contributed by atoms with E-state index in [-0.39, 0.29) is 5.91 Å². The van der Waals surface area contributed by atoms with Crippen molar-refractivity contribution in [2.75, 3.05) is 24.2 Å². The van der Waals surface area contributed by atoms with Gasteiger partial charge in [0.1, 0.15) is 12.4 Å². The Balaban J connectivity index is 1.28. The highest BCUT2D eigenvalue weighted by molar-refractivity contribution is 7.99. The van der Waals surface area contributed by atoms with Gasteiger partial charge in [-0.3, -0.25) is 4.79 Å². The molecule has 2 heterocycles. The number of benzene rings is 1. The van der Waals surface area contributed by atoms with E-state index in [4.69, 9.17) is 0 Å². The van der Waals surface area contributed by atoms with Gasteiger partial charge in [0.15, 0.2) is 5.16 Å². The molecule has 1 aromatic carbocycles. The van der Waals surface area contributed by atoms with E-state index in [1.807, 2.05) is 19.1 Å². The maximum Gasteiger partial charge on any atom is 0.234 e. The molecule has 1 saturated heterocycles. The molecule has 1 aliphatic heterocycles. The van der Waals surface area contributed by atoms with Crippen molar-refractivity contribution in [1.29, 1.82) is 0 Å². The van der Waals surface area contributed by atoms with E-state index in [0.29, 0.717) is 11.8 Å². The summed E-state index contributed by atoms with van der Waals surface area (Å²) in [7, 11) is 0. The topological polar surface area (TPSA) is 64.2 Å². The van der Waals surface area contributed by atoms with Crippen LogP contribution in [0.1, 0.15) is 43.1 Å². The van der Waals surface area contributed by atoms with Crippen molar-refractivity contribution in [3.63, 3.8) is 0 Å². The predicted molar refractivity (Wildman–Crippen MR) is 102 cm³/mol. The molecular formula is C19H26N5OS+. The van der Waals surface area contributed by atoms with E-state index in [2.05, 4.69) is 32.2 Å². The number of nitrogens with zero attached hydrogens (tertiary/aromatic N) is 3. The highest BCUT2D eigenvalue weighted by atomic mass is 32.2. The maximum atomic E-state index is 12.3. The van der Waals surface area contributed by atoms with Gasteiger partial charge < -0.3 is 14.8 Å². The van der Waals surface area contributed by atoms with Gasteiger partial charge in [0, 0.05) is 30.1 Å². The average Bonchev–Trinajstić information content (AvgIpc) is 3.20. The van der Waals surface area contributed by atoms with Crippen LogP contribution in [0.15, 0.2) is 29.4 Å². The molecule has 2 fully saturated rings. The van der Waals surface area contributed by atoms with Gasteiger partial charge in [0.05, 0.1) is 18.8 Å². The molecule has 0 spiro atoms. The van der Waals surface area contributed by atoms with Crippen LogP contribution in [-0.4, -0.2) is 39.5 Å². The molecule has 2 aromatic rings. The molecule has 0 atom stereocenters. The van der Waals surface area contributed by atoms with E-state index in [1.165, 1.54) is 56.1 Å². The van der Waals surface area contributed by atoms with Crippen LogP contribution in [0.4, 0.5) is 5.69 Å². The van der Waals surface area contributed by atoms with Crippen LogP contribution in [0, 0.1) is 6.92 Å². The minimum absolute atomic E-state index is 0.00378. The Hall–Kier alpha value is -1.86. The molecular weight excluding hydrogens is 346 g/mol. The molecule has 6 nitrogen and oxygen atoms in total. The third-order valence-corrected chi connectivity index (χ3v) is 6.02. The van der Waals surface area contributed by atoms with Gasteiger partial charge in [-0.05, 0) is 31.9 Å². The number of anilines is 1. The summed E-state index contributed by atoms with van der Waals surface area (Å²) in [6.45, 7) is 5.61. The first kappa shape index (κ1) is 17.5. The SMILES string of the molecule is Cc1nnc(SCC(=O)Nc2ccc(C[NH+]3CCCC3)cc2)n1C1CC1. The lowest BCUT2D eigenvalue weighted by molar-refractivity contribution is -0.901. The molecule has 0 radical (unpaired) electrons. The number of aryl methyl sites for hydroxylation is 1. The number of carbonyl (C=O) groups excluding carboxylic acids is 1. The largest absolute Gasteiger partial charge is 0.331 e. The molecule has 2 aliphatic rings. The fraction of sp³-hybridized carbons (Fsp3) is 0.526. The van der Waals surface area contributed by atoms with E-state index in [9.17, 15) is 4.79 Å². The lowest BCUT2D eigenvalue weighted by Crippen LogP contribution is -3.08. The predicted octanol–water partition coefficient (Wildman–Crippen LogP) is 1.83. The summed E-state index contributed by atoms with van der Waals surface area (Å²) in [5, 5.41) is 12.2. The quantitative estimate of drug-likeness (QED) is 0.728. The van der Waals surface area contributed by atoms with Gasteiger partial charge in [-0.1, -0.05) is 23.9 Å². The number of hydrogen-bond acceptors (Lipinski definition) is 4. The number of likely N-dealkylation sites (tertiary alicyclic amines) is 1. The number of carbonyl (C=O) groups is 1. The number of amides is 1. The number of thioether (sulfide) groups is 1. The molecule has 7 heteroatoms. The Morgan fingerprint density at radius 3 is 2.65 bits per heavy atom. The number of aromatic nitrogens is 3. The number of quaternary nitrogens is 1. The Labute approximate surface area is 158 Å². The monoisotopic (exact) mass is 372 g/mol. The van der Waals surface area contributed by atoms with Crippen LogP contribution < -0.4 is 10.2 Å². The third-order valence-electron chi connectivity index (χ3n) is 5.08. The normalized spacial score (nSPS) is 17.6. The van der Waals surface area contributed by atoms with Crippen LogP contribution in [0.5, 0.6) is 0 Å². The van der Waals surface area contributed by atoms with Gasteiger partial charge in [0.2, 0.25) is 5.91 Å². The zero-order valence-corrected chi connectivity index (χ0v) is 16.0. The van der Waals surface area contributed by atoms with Crippen LogP contribution in [0.3, 0.4) is 0 Å². The average molecular weight is 373 g/mol. The summed E-state index contributed by atoms with van der Waals surface area (Å²) in [6.07, 6.45) is 5.05. The number of rotatable bonds is 7. The van der Waals surface area contributed by atoms with Crippen molar-refractivity contribution in [1.82, 2.24) is 14.8 Å². The fourth-order valence-corrected chi connectivity index (χ4v) is 4.43. The Kier molecular flexibility index (Phi) is 5.26. The van der Waals surface area contributed by atoms with Gasteiger partial charge in [-0.25, -0.2) is 0 Å². The molecule has 1 aromatic heterocycles.